The highest BCUT2D eigenvalue weighted by Crippen LogP contribution is 2.33. The molecular formula is C17H25N5O6. The minimum absolute atomic E-state index is 0.153. The van der Waals surface area contributed by atoms with Gasteiger partial charge in [0.2, 0.25) is 0 Å². The normalized spacial score (nSPS) is 25.9. The summed E-state index contributed by atoms with van der Waals surface area (Å²) in [5.41, 5.74) is 6.34. The van der Waals surface area contributed by atoms with Crippen LogP contribution in [0.15, 0.2) is 12.7 Å². The topological polar surface area (TPSA) is 166 Å². The Balaban J connectivity index is 1.68. The lowest BCUT2D eigenvalue weighted by Crippen LogP contribution is -2.43. The second kappa shape index (κ2) is 8.78. The molecule has 0 aliphatic carbocycles. The van der Waals surface area contributed by atoms with Crippen molar-refractivity contribution in [3.05, 3.63) is 12.7 Å². The number of aliphatic hydroxyl groups is 3. The molecule has 1 saturated heterocycles. The number of imidazole rings is 1. The zero-order chi connectivity index (χ0) is 20.3. The molecule has 1 aliphatic heterocycles. The average molecular weight is 395 g/mol. The van der Waals surface area contributed by atoms with E-state index in [1.807, 2.05) is 0 Å². The van der Waals surface area contributed by atoms with Gasteiger partial charge in [-0.1, -0.05) is 26.2 Å². The van der Waals surface area contributed by atoms with E-state index in [1.54, 1.807) is 0 Å². The summed E-state index contributed by atoms with van der Waals surface area (Å²) >= 11 is 0. The zero-order valence-electron chi connectivity index (χ0n) is 15.5. The van der Waals surface area contributed by atoms with Crippen LogP contribution in [0.4, 0.5) is 5.82 Å². The molecule has 2 aromatic heterocycles. The number of fused-ring (bicyclic) bond motifs is 1. The Hall–Kier alpha value is -2.34. The SMILES string of the molecule is CCCCCCOC(=O)C(O)[C@H]1O[C@@H](n2cnc3c(N)ncnc32)C(O)C1O. The van der Waals surface area contributed by atoms with Gasteiger partial charge in [0.25, 0.3) is 0 Å². The van der Waals surface area contributed by atoms with Crippen LogP contribution >= 0.6 is 0 Å². The molecule has 0 aromatic carbocycles. The van der Waals surface area contributed by atoms with Crippen molar-refractivity contribution in [3.63, 3.8) is 0 Å². The van der Waals surface area contributed by atoms with Crippen LogP contribution in [0.25, 0.3) is 11.2 Å². The molecule has 5 atom stereocenters. The number of nitrogen functional groups attached to an aromatic ring is 1. The number of ether oxygens (including phenoxy) is 2. The smallest absolute Gasteiger partial charge is 0.337 e. The quantitative estimate of drug-likeness (QED) is 0.338. The number of carbonyl (C=O) groups excluding carboxylic acids is 1. The van der Waals surface area contributed by atoms with Crippen LogP contribution in [0, 0.1) is 0 Å². The number of hydrogen-bond acceptors (Lipinski definition) is 10. The minimum Gasteiger partial charge on any atom is -0.464 e. The van der Waals surface area contributed by atoms with Gasteiger partial charge in [-0.25, -0.2) is 19.7 Å². The van der Waals surface area contributed by atoms with E-state index in [9.17, 15) is 20.1 Å². The Morgan fingerprint density at radius 2 is 2.07 bits per heavy atom. The number of esters is 1. The largest absolute Gasteiger partial charge is 0.464 e. The lowest BCUT2D eigenvalue weighted by Gasteiger charge is -2.19. The van der Waals surface area contributed by atoms with Crippen molar-refractivity contribution in [3.8, 4) is 0 Å². The van der Waals surface area contributed by atoms with Gasteiger partial charge in [-0.15, -0.1) is 0 Å². The van der Waals surface area contributed by atoms with Crippen molar-refractivity contribution in [2.75, 3.05) is 12.3 Å². The van der Waals surface area contributed by atoms with Gasteiger partial charge in [-0.2, -0.15) is 0 Å². The number of unbranched alkanes of at least 4 members (excludes halogenated alkanes) is 3. The summed E-state index contributed by atoms with van der Waals surface area (Å²) in [6.07, 6.45) is -0.901. The van der Waals surface area contributed by atoms with Gasteiger partial charge >= 0.3 is 5.97 Å². The van der Waals surface area contributed by atoms with E-state index in [2.05, 4.69) is 21.9 Å². The number of anilines is 1. The minimum atomic E-state index is -1.74. The van der Waals surface area contributed by atoms with E-state index in [0.29, 0.717) is 11.9 Å². The first-order chi connectivity index (χ1) is 13.5. The van der Waals surface area contributed by atoms with Gasteiger partial charge in [0.1, 0.15) is 30.2 Å². The Morgan fingerprint density at radius 3 is 2.82 bits per heavy atom. The van der Waals surface area contributed by atoms with Crippen LogP contribution < -0.4 is 5.73 Å². The van der Waals surface area contributed by atoms with Crippen molar-refractivity contribution in [2.24, 2.45) is 0 Å². The Morgan fingerprint density at radius 1 is 1.29 bits per heavy atom. The standard InChI is InChI=1S/C17H25N5O6/c1-2-3-4-5-6-27-17(26)12(25)13-10(23)11(24)16(28-13)22-8-21-9-14(18)19-7-20-15(9)22/h7-8,10-13,16,23-25H,2-6H2,1H3,(H2,18,19,20)/t10?,11?,12?,13-,16+/m0/s1. The number of carbonyl (C=O) groups is 1. The summed E-state index contributed by atoms with van der Waals surface area (Å²) in [7, 11) is 0. The maximum absolute atomic E-state index is 12.1. The highest BCUT2D eigenvalue weighted by Gasteiger charge is 2.49. The van der Waals surface area contributed by atoms with E-state index >= 15 is 0 Å². The average Bonchev–Trinajstić information content (AvgIpc) is 3.23. The number of nitrogens with two attached hydrogens (primary N) is 1. The number of nitrogens with zero attached hydrogens (tertiary/aromatic N) is 4. The molecule has 1 fully saturated rings. The number of rotatable bonds is 8. The molecule has 154 valence electrons. The summed E-state index contributed by atoms with van der Waals surface area (Å²) < 4.78 is 12.0. The van der Waals surface area contributed by atoms with Crippen LogP contribution in [-0.2, 0) is 14.3 Å². The lowest BCUT2D eigenvalue weighted by atomic mass is 10.1. The molecule has 3 rings (SSSR count). The Labute approximate surface area is 161 Å². The van der Waals surface area contributed by atoms with Crippen LogP contribution in [0.1, 0.15) is 38.8 Å². The molecule has 0 saturated carbocycles. The molecule has 1 aliphatic rings. The Bertz CT molecular complexity index is 814. The fourth-order valence-electron chi connectivity index (χ4n) is 3.15. The molecule has 0 spiro atoms. The second-order valence-electron chi connectivity index (χ2n) is 6.73. The van der Waals surface area contributed by atoms with Crippen molar-refractivity contribution in [2.45, 2.75) is 63.3 Å². The molecule has 5 N–H and O–H groups in total. The third kappa shape index (κ3) is 3.92. The highest BCUT2D eigenvalue weighted by atomic mass is 16.6. The fraction of sp³-hybridized carbons (Fsp3) is 0.647. The van der Waals surface area contributed by atoms with Gasteiger partial charge in [-0.05, 0) is 6.42 Å². The molecule has 0 bridgehead atoms. The molecule has 0 amide bonds. The summed E-state index contributed by atoms with van der Waals surface area (Å²) in [6, 6.07) is 0. The van der Waals surface area contributed by atoms with Crippen LogP contribution in [0.3, 0.4) is 0 Å². The first kappa shape index (κ1) is 20.4. The zero-order valence-corrected chi connectivity index (χ0v) is 15.5. The molecule has 0 radical (unpaired) electrons. The van der Waals surface area contributed by atoms with Gasteiger partial charge in [0.05, 0.1) is 12.9 Å². The first-order valence-electron chi connectivity index (χ1n) is 9.25. The number of aliphatic hydroxyl groups excluding tert-OH is 3. The maximum atomic E-state index is 12.1. The molecule has 2 aromatic rings. The predicted molar refractivity (Wildman–Crippen MR) is 96.8 cm³/mol. The summed E-state index contributed by atoms with van der Waals surface area (Å²) in [5.74, 6) is -0.754. The van der Waals surface area contributed by atoms with Crippen LogP contribution in [0.2, 0.25) is 0 Å². The van der Waals surface area contributed by atoms with Gasteiger partial charge in [0.15, 0.2) is 23.8 Å². The van der Waals surface area contributed by atoms with E-state index in [1.165, 1.54) is 17.2 Å². The van der Waals surface area contributed by atoms with Crippen molar-refractivity contribution in [1.82, 2.24) is 19.5 Å². The van der Waals surface area contributed by atoms with E-state index in [-0.39, 0.29) is 18.1 Å². The summed E-state index contributed by atoms with van der Waals surface area (Å²) in [6.45, 7) is 2.24. The maximum Gasteiger partial charge on any atom is 0.337 e. The third-order valence-electron chi connectivity index (χ3n) is 4.73. The second-order valence-corrected chi connectivity index (χ2v) is 6.73. The third-order valence-corrected chi connectivity index (χ3v) is 4.73. The van der Waals surface area contributed by atoms with Crippen LogP contribution in [-0.4, -0.2) is 71.8 Å². The monoisotopic (exact) mass is 395 g/mol. The van der Waals surface area contributed by atoms with E-state index in [4.69, 9.17) is 15.2 Å². The number of hydrogen-bond donors (Lipinski definition) is 4. The fourth-order valence-corrected chi connectivity index (χ4v) is 3.15. The van der Waals surface area contributed by atoms with Gasteiger partial charge in [-0.3, -0.25) is 4.57 Å². The first-order valence-corrected chi connectivity index (χ1v) is 9.25. The molecule has 11 heteroatoms. The van der Waals surface area contributed by atoms with E-state index < -0.39 is 36.6 Å². The Kier molecular flexibility index (Phi) is 6.39. The predicted octanol–water partition coefficient (Wildman–Crippen LogP) is -0.488. The van der Waals surface area contributed by atoms with Gasteiger partial charge < -0.3 is 30.5 Å². The highest BCUT2D eigenvalue weighted by molar-refractivity contribution is 5.81. The molecule has 11 nitrogen and oxygen atoms in total. The lowest BCUT2D eigenvalue weighted by molar-refractivity contribution is -0.166. The number of aromatic nitrogens is 4. The van der Waals surface area contributed by atoms with Crippen molar-refractivity contribution >= 4 is 23.0 Å². The summed E-state index contributed by atoms with van der Waals surface area (Å²) in [4.78, 5) is 24.0. The molecule has 3 unspecified atom stereocenters. The van der Waals surface area contributed by atoms with Crippen LogP contribution in [0.5, 0.6) is 0 Å². The molecular weight excluding hydrogens is 370 g/mol. The molecule has 28 heavy (non-hydrogen) atoms. The van der Waals surface area contributed by atoms with Gasteiger partial charge in [0, 0.05) is 0 Å². The van der Waals surface area contributed by atoms with E-state index in [0.717, 1.165) is 19.3 Å². The van der Waals surface area contributed by atoms with Crippen molar-refractivity contribution < 1.29 is 29.6 Å². The van der Waals surface area contributed by atoms with Crippen molar-refractivity contribution in [1.29, 1.82) is 0 Å². The molecule has 3 heterocycles. The summed E-state index contributed by atoms with van der Waals surface area (Å²) in [5, 5.41) is 30.9.